The van der Waals surface area contributed by atoms with Crippen molar-refractivity contribution in [3.8, 4) is 0 Å². The molecule has 2 N–H and O–H groups in total. The Balaban J connectivity index is 1.99. The highest BCUT2D eigenvalue weighted by Gasteiger charge is 2.30. The summed E-state index contributed by atoms with van der Waals surface area (Å²) in [6.07, 6.45) is 1.52. The molecule has 0 radical (unpaired) electrons. The summed E-state index contributed by atoms with van der Waals surface area (Å²) < 4.78 is 5.44. The fourth-order valence-corrected chi connectivity index (χ4v) is 2.37. The van der Waals surface area contributed by atoms with Gasteiger partial charge in [0.25, 0.3) is 0 Å². The molecule has 0 aromatic carbocycles. The second kappa shape index (κ2) is 5.79. The molecule has 116 valence electrons. The summed E-state index contributed by atoms with van der Waals surface area (Å²) in [6, 6.07) is 3.84. The van der Waals surface area contributed by atoms with Crippen LogP contribution in [-0.2, 0) is 4.74 Å². The SMILES string of the molecule is CC1CN(c2ccc(N)nc2)CCN1C(=O)OC(C)(C)C. The average molecular weight is 292 g/mol. The number of hydrogen-bond donors (Lipinski definition) is 1. The molecule has 0 spiro atoms. The van der Waals surface area contributed by atoms with E-state index in [0.717, 1.165) is 18.8 Å². The lowest BCUT2D eigenvalue weighted by Crippen LogP contribution is -2.55. The molecule has 0 saturated carbocycles. The Morgan fingerprint density at radius 2 is 2.10 bits per heavy atom. The molecule has 1 fully saturated rings. The van der Waals surface area contributed by atoms with Crippen molar-refractivity contribution >= 4 is 17.6 Å². The first-order chi connectivity index (χ1) is 9.76. The Kier molecular flexibility index (Phi) is 4.25. The van der Waals surface area contributed by atoms with Gasteiger partial charge in [0.15, 0.2) is 0 Å². The zero-order valence-corrected chi connectivity index (χ0v) is 13.2. The van der Waals surface area contributed by atoms with Crippen LogP contribution in [0.2, 0.25) is 0 Å². The maximum absolute atomic E-state index is 12.2. The number of anilines is 2. The molecule has 1 aliphatic heterocycles. The average Bonchev–Trinajstić information content (AvgIpc) is 2.37. The second-order valence-electron chi connectivity index (χ2n) is 6.41. The normalized spacial score (nSPS) is 19.5. The van der Waals surface area contributed by atoms with Gasteiger partial charge in [0, 0.05) is 25.7 Å². The number of nitrogen functional groups attached to an aromatic ring is 1. The van der Waals surface area contributed by atoms with Gasteiger partial charge < -0.3 is 20.3 Å². The molecule has 1 amide bonds. The predicted molar refractivity (Wildman–Crippen MR) is 83.3 cm³/mol. The topological polar surface area (TPSA) is 71.7 Å². The summed E-state index contributed by atoms with van der Waals surface area (Å²) in [5, 5.41) is 0. The van der Waals surface area contributed by atoms with Gasteiger partial charge in [-0.25, -0.2) is 9.78 Å². The molecule has 2 heterocycles. The minimum absolute atomic E-state index is 0.0890. The highest BCUT2D eigenvalue weighted by Crippen LogP contribution is 2.20. The zero-order valence-electron chi connectivity index (χ0n) is 13.2. The fourth-order valence-electron chi connectivity index (χ4n) is 2.37. The Morgan fingerprint density at radius 1 is 1.38 bits per heavy atom. The molecule has 2 rings (SSSR count). The monoisotopic (exact) mass is 292 g/mol. The van der Waals surface area contributed by atoms with Gasteiger partial charge in [0.05, 0.1) is 11.9 Å². The Morgan fingerprint density at radius 3 is 2.62 bits per heavy atom. The maximum Gasteiger partial charge on any atom is 0.410 e. The van der Waals surface area contributed by atoms with Crippen molar-refractivity contribution in [2.45, 2.75) is 39.3 Å². The Labute approximate surface area is 125 Å². The van der Waals surface area contributed by atoms with Crippen LogP contribution in [0, 0.1) is 0 Å². The number of nitrogens with zero attached hydrogens (tertiary/aromatic N) is 3. The van der Waals surface area contributed by atoms with Gasteiger partial charge in [-0.15, -0.1) is 0 Å². The van der Waals surface area contributed by atoms with Gasteiger partial charge >= 0.3 is 6.09 Å². The summed E-state index contributed by atoms with van der Waals surface area (Å²) >= 11 is 0. The summed E-state index contributed by atoms with van der Waals surface area (Å²) in [4.78, 5) is 20.3. The fraction of sp³-hybridized carbons (Fsp3) is 0.600. The van der Waals surface area contributed by atoms with Crippen LogP contribution in [0.1, 0.15) is 27.7 Å². The number of nitrogens with two attached hydrogens (primary N) is 1. The highest BCUT2D eigenvalue weighted by atomic mass is 16.6. The molecule has 0 aliphatic carbocycles. The number of carbonyl (C=O) groups excluding carboxylic acids is 1. The van der Waals surface area contributed by atoms with E-state index in [-0.39, 0.29) is 12.1 Å². The van der Waals surface area contributed by atoms with E-state index in [1.807, 2.05) is 33.8 Å². The molecule has 0 bridgehead atoms. The number of piperazine rings is 1. The molecular formula is C15H24N4O2. The third-order valence-corrected chi connectivity index (χ3v) is 3.39. The number of carbonyl (C=O) groups is 1. The molecule has 1 saturated heterocycles. The Hall–Kier alpha value is -1.98. The quantitative estimate of drug-likeness (QED) is 0.858. The summed E-state index contributed by atoms with van der Waals surface area (Å²) in [5.41, 5.74) is 6.17. The van der Waals surface area contributed by atoms with Gasteiger partial charge in [0.2, 0.25) is 0 Å². The minimum Gasteiger partial charge on any atom is -0.444 e. The second-order valence-corrected chi connectivity index (χ2v) is 6.41. The van der Waals surface area contributed by atoms with Crippen LogP contribution in [0.4, 0.5) is 16.3 Å². The summed E-state index contributed by atoms with van der Waals surface area (Å²) in [5.74, 6) is 0.513. The molecule has 1 unspecified atom stereocenters. The van der Waals surface area contributed by atoms with Crippen LogP contribution in [-0.4, -0.2) is 47.3 Å². The van der Waals surface area contributed by atoms with Crippen LogP contribution >= 0.6 is 0 Å². The van der Waals surface area contributed by atoms with Crippen molar-refractivity contribution in [1.82, 2.24) is 9.88 Å². The van der Waals surface area contributed by atoms with Crippen molar-refractivity contribution in [2.75, 3.05) is 30.3 Å². The molecule has 1 aromatic rings. The van der Waals surface area contributed by atoms with Crippen LogP contribution in [0.3, 0.4) is 0 Å². The van der Waals surface area contributed by atoms with Crippen molar-refractivity contribution in [3.63, 3.8) is 0 Å². The van der Waals surface area contributed by atoms with Gasteiger partial charge in [-0.2, -0.15) is 0 Å². The molecule has 1 aromatic heterocycles. The van der Waals surface area contributed by atoms with Gasteiger partial charge in [-0.05, 0) is 39.8 Å². The first kappa shape index (κ1) is 15.4. The minimum atomic E-state index is -0.463. The number of hydrogen-bond acceptors (Lipinski definition) is 5. The van der Waals surface area contributed by atoms with E-state index in [1.54, 1.807) is 17.2 Å². The Bertz CT molecular complexity index is 495. The van der Waals surface area contributed by atoms with Crippen LogP contribution in [0.15, 0.2) is 18.3 Å². The summed E-state index contributed by atoms with van der Waals surface area (Å²) in [6.45, 7) is 9.82. The molecule has 6 nitrogen and oxygen atoms in total. The third-order valence-electron chi connectivity index (χ3n) is 3.39. The number of pyridine rings is 1. The van der Waals surface area contributed by atoms with Gasteiger partial charge in [-0.1, -0.05) is 0 Å². The smallest absolute Gasteiger partial charge is 0.410 e. The third kappa shape index (κ3) is 4.00. The van der Waals surface area contributed by atoms with Gasteiger partial charge in [0.1, 0.15) is 11.4 Å². The van der Waals surface area contributed by atoms with Crippen LogP contribution in [0.25, 0.3) is 0 Å². The molecule has 1 atom stereocenters. The van der Waals surface area contributed by atoms with E-state index >= 15 is 0 Å². The first-order valence-corrected chi connectivity index (χ1v) is 7.22. The van der Waals surface area contributed by atoms with E-state index in [2.05, 4.69) is 9.88 Å². The van der Waals surface area contributed by atoms with E-state index < -0.39 is 5.60 Å². The zero-order chi connectivity index (χ0) is 15.6. The lowest BCUT2D eigenvalue weighted by atomic mass is 10.1. The number of ether oxygens (including phenoxy) is 1. The lowest BCUT2D eigenvalue weighted by molar-refractivity contribution is 0.0159. The van der Waals surface area contributed by atoms with Crippen molar-refractivity contribution in [3.05, 3.63) is 18.3 Å². The van der Waals surface area contributed by atoms with E-state index in [4.69, 9.17) is 10.5 Å². The molecule has 6 heteroatoms. The molecule has 21 heavy (non-hydrogen) atoms. The van der Waals surface area contributed by atoms with Crippen LogP contribution < -0.4 is 10.6 Å². The van der Waals surface area contributed by atoms with Crippen molar-refractivity contribution in [1.29, 1.82) is 0 Å². The molecular weight excluding hydrogens is 268 g/mol. The number of aromatic nitrogens is 1. The van der Waals surface area contributed by atoms with E-state index in [0.29, 0.717) is 12.4 Å². The van der Waals surface area contributed by atoms with Crippen molar-refractivity contribution in [2.24, 2.45) is 0 Å². The first-order valence-electron chi connectivity index (χ1n) is 7.22. The largest absolute Gasteiger partial charge is 0.444 e. The lowest BCUT2D eigenvalue weighted by Gasteiger charge is -2.41. The van der Waals surface area contributed by atoms with Gasteiger partial charge in [-0.3, -0.25) is 0 Å². The summed E-state index contributed by atoms with van der Waals surface area (Å²) in [7, 11) is 0. The standard InChI is InChI=1S/C15H24N4O2/c1-11-10-18(12-5-6-13(16)17-9-12)7-8-19(11)14(20)21-15(2,3)4/h5-6,9,11H,7-8,10H2,1-4H3,(H2,16,17). The maximum atomic E-state index is 12.2. The van der Waals surface area contributed by atoms with Crippen LogP contribution in [0.5, 0.6) is 0 Å². The number of amides is 1. The highest BCUT2D eigenvalue weighted by molar-refractivity contribution is 5.69. The molecule has 1 aliphatic rings. The van der Waals surface area contributed by atoms with E-state index in [9.17, 15) is 4.79 Å². The number of rotatable bonds is 1. The van der Waals surface area contributed by atoms with Crippen molar-refractivity contribution < 1.29 is 9.53 Å². The van der Waals surface area contributed by atoms with E-state index in [1.165, 1.54) is 0 Å². The predicted octanol–water partition coefficient (Wildman–Crippen LogP) is 2.11.